The van der Waals surface area contributed by atoms with Gasteiger partial charge < -0.3 is 15.5 Å². The molecule has 0 atom stereocenters. The third kappa shape index (κ3) is 2.28. The van der Waals surface area contributed by atoms with E-state index in [1.165, 1.54) is 0 Å². The zero-order chi connectivity index (χ0) is 10.7. The molecule has 0 fully saturated rings. The molecule has 3 N–H and O–H groups in total. The molecule has 0 amide bonds. The fourth-order valence-corrected chi connectivity index (χ4v) is 1.26. The number of hydrogen-bond donors (Lipinski definition) is 2. The van der Waals surface area contributed by atoms with Crippen LogP contribution >= 0.6 is 0 Å². The van der Waals surface area contributed by atoms with Crippen molar-refractivity contribution in [1.29, 1.82) is 0 Å². The topological polar surface area (TPSA) is 64.1 Å². The average molecular weight is 203 g/mol. The molecule has 15 heavy (non-hydrogen) atoms. The normalized spacial score (nSPS) is 10.2. The first-order valence-electron chi connectivity index (χ1n) is 4.75. The van der Waals surface area contributed by atoms with Crippen LogP contribution in [0.2, 0.25) is 0 Å². The number of nitrogen functional groups attached to an aromatic ring is 1. The highest BCUT2D eigenvalue weighted by Crippen LogP contribution is 2.12. The van der Waals surface area contributed by atoms with Gasteiger partial charge >= 0.3 is 0 Å². The van der Waals surface area contributed by atoms with E-state index in [1.807, 2.05) is 31.2 Å². The van der Waals surface area contributed by atoms with Crippen molar-refractivity contribution in [1.82, 2.24) is 4.98 Å². The quantitative estimate of drug-likeness (QED) is 0.802. The van der Waals surface area contributed by atoms with Crippen LogP contribution in [0.25, 0.3) is 0 Å². The van der Waals surface area contributed by atoms with Gasteiger partial charge in [0.2, 0.25) is 0 Å². The van der Waals surface area contributed by atoms with Gasteiger partial charge in [0.05, 0.1) is 24.2 Å². The van der Waals surface area contributed by atoms with Gasteiger partial charge in [0.1, 0.15) is 11.6 Å². The van der Waals surface area contributed by atoms with E-state index in [1.54, 1.807) is 6.26 Å². The Labute approximate surface area is 88.1 Å². The molecule has 0 spiro atoms. The second-order valence-electron chi connectivity index (χ2n) is 3.30. The van der Waals surface area contributed by atoms with Gasteiger partial charge in [-0.3, -0.25) is 0 Å². The van der Waals surface area contributed by atoms with Gasteiger partial charge in [0, 0.05) is 0 Å². The number of anilines is 2. The molecule has 4 nitrogen and oxygen atoms in total. The summed E-state index contributed by atoms with van der Waals surface area (Å²) in [6, 6.07) is 7.47. The molecule has 4 heteroatoms. The first-order valence-corrected chi connectivity index (χ1v) is 4.75. The van der Waals surface area contributed by atoms with Crippen molar-refractivity contribution in [3.63, 3.8) is 0 Å². The summed E-state index contributed by atoms with van der Waals surface area (Å²) >= 11 is 0. The molecule has 78 valence electrons. The Morgan fingerprint density at radius 3 is 2.93 bits per heavy atom. The van der Waals surface area contributed by atoms with Gasteiger partial charge in [0.15, 0.2) is 0 Å². The summed E-state index contributed by atoms with van der Waals surface area (Å²) in [7, 11) is 0. The van der Waals surface area contributed by atoms with Crippen molar-refractivity contribution < 1.29 is 4.42 Å². The van der Waals surface area contributed by atoms with Crippen LogP contribution in [-0.2, 0) is 6.54 Å². The number of nitrogens with one attached hydrogen (secondary N) is 1. The number of nitrogens with zero attached hydrogens (tertiary/aromatic N) is 1. The van der Waals surface area contributed by atoms with Crippen LogP contribution in [0.3, 0.4) is 0 Å². The average Bonchev–Trinajstić information content (AvgIpc) is 2.73. The van der Waals surface area contributed by atoms with Gasteiger partial charge in [0.25, 0.3) is 0 Å². The maximum absolute atomic E-state index is 5.67. The Bertz CT molecular complexity index is 437. The summed E-state index contributed by atoms with van der Waals surface area (Å²) in [4.78, 5) is 4.29. The number of rotatable bonds is 3. The summed E-state index contributed by atoms with van der Waals surface area (Å²) in [6.07, 6.45) is 1.65. The first-order chi connectivity index (χ1) is 7.25. The lowest BCUT2D eigenvalue weighted by Gasteiger charge is -2.05. The smallest absolute Gasteiger partial charge is 0.126 e. The lowest BCUT2D eigenvalue weighted by Crippen LogP contribution is -2.02. The van der Waals surface area contributed by atoms with Crippen molar-refractivity contribution >= 4 is 11.5 Å². The number of hydrogen-bond acceptors (Lipinski definition) is 4. The maximum Gasteiger partial charge on any atom is 0.126 e. The molecule has 0 aromatic carbocycles. The Morgan fingerprint density at radius 2 is 2.27 bits per heavy atom. The Hall–Kier alpha value is -1.97. The van der Waals surface area contributed by atoms with Crippen molar-refractivity contribution in [3.05, 3.63) is 42.0 Å². The van der Waals surface area contributed by atoms with E-state index in [0.717, 1.165) is 17.3 Å². The zero-order valence-corrected chi connectivity index (χ0v) is 8.53. The van der Waals surface area contributed by atoms with E-state index < -0.39 is 0 Å². The monoisotopic (exact) mass is 203 g/mol. The summed E-state index contributed by atoms with van der Waals surface area (Å²) < 4.78 is 5.19. The summed E-state index contributed by atoms with van der Waals surface area (Å²) in [5, 5.41) is 3.15. The Balaban J connectivity index is 2.02. The fraction of sp³-hybridized carbons (Fsp3) is 0.182. The minimum absolute atomic E-state index is 0.628. The highest BCUT2D eigenvalue weighted by atomic mass is 16.3. The van der Waals surface area contributed by atoms with Crippen LogP contribution < -0.4 is 11.1 Å². The van der Waals surface area contributed by atoms with E-state index in [2.05, 4.69) is 10.3 Å². The number of aromatic nitrogens is 1. The number of nitrogens with two attached hydrogens (primary N) is 1. The maximum atomic E-state index is 5.67. The van der Waals surface area contributed by atoms with Crippen LogP contribution in [0.5, 0.6) is 0 Å². The van der Waals surface area contributed by atoms with Crippen molar-refractivity contribution in [2.75, 3.05) is 11.1 Å². The van der Waals surface area contributed by atoms with Crippen LogP contribution in [0.4, 0.5) is 11.5 Å². The molecule has 2 rings (SSSR count). The van der Waals surface area contributed by atoms with E-state index in [4.69, 9.17) is 10.2 Å². The lowest BCUT2D eigenvalue weighted by molar-refractivity contribution is 0.518. The molecule has 2 aromatic rings. The standard InChI is InChI=1S/C11H13N3O/c1-8-10(12)4-5-11(14-8)13-7-9-3-2-6-15-9/h2-6H,7,12H2,1H3,(H,13,14). The second-order valence-corrected chi connectivity index (χ2v) is 3.30. The molecule has 0 radical (unpaired) electrons. The highest BCUT2D eigenvalue weighted by Gasteiger charge is 1.99. The molecule has 0 aliphatic carbocycles. The molecule has 0 aliphatic heterocycles. The predicted octanol–water partition coefficient (Wildman–Crippen LogP) is 2.18. The van der Waals surface area contributed by atoms with Gasteiger partial charge in [-0.15, -0.1) is 0 Å². The molecule has 2 heterocycles. The third-order valence-electron chi connectivity index (χ3n) is 2.15. The van der Waals surface area contributed by atoms with Crippen molar-refractivity contribution in [2.24, 2.45) is 0 Å². The highest BCUT2D eigenvalue weighted by molar-refractivity contribution is 5.49. The van der Waals surface area contributed by atoms with Gasteiger partial charge in [-0.1, -0.05) is 0 Å². The summed E-state index contributed by atoms with van der Waals surface area (Å²) in [5.41, 5.74) is 7.21. The molecule has 0 saturated carbocycles. The summed E-state index contributed by atoms with van der Waals surface area (Å²) in [6.45, 7) is 2.51. The fourth-order valence-electron chi connectivity index (χ4n) is 1.26. The first kappa shape index (κ1) is 9.58. The van der Waals surface area contributed by atoms with E-state index >= 15 is 0 Å². The van der Waals surface area contributed by atoms with Crippen molar-refractivity contribution in [3.8, 4) is 0 Å². The Morgan fingerprint density at radius 1 is 1.40 bits per heavy atom. The van der Waals surface area contributed by atoms with Gasteiger partial charge in [-0.2, -0.15) is 0 Å². The number of furan rings is 1. The van der Waals surface area contributed by atoms with Gasteiger partial charge in [-0.25, -0.2) is 4.98 Å². The number of pyridine rings is 1. The summed E-state index contributed by atoms with van der Waals surface area (Å²) in [5.74, 6) is 1.68. The molecule has 0 bridgehead atoms. The largest absolute Gasteiger partial charge is 0.467 e. The Kier molecular flexibility index (Phi) is 2.58. The number of aryl methyl sites for hydroxylation is 1. The minimum Gasteiger partial charge on any atom is -0.467 e. The van der Waals surface area contributed by atoms with Gasteiger partial charge in [-0.05, 0) is 31.2 Å². The lowest BCUT2D eigenvalue weighted by atomic mass is 10.3. The van der Waals surface area contributed by atoms with E-state index in [-0.39, 0.29) is 0 Å². The molecular formula is C11H13N3O. The van der Waals surface area contributed by atoms with Crippen molar-refractivity contribution in [2.45, 2.75) is 13.5 Å². The molecular weight excluding hydrogens is 190 g/mol. The molecule has 0 aliphatic rings. The predicted molar refractivity (Wildman–Crippen MR) is 59.4 cm³/mol. The SMILES string of the molecule is Cc1nc(NCc2ccco2)ccc1N. The molecule has 0 saturated heterocycles. The van der Waals surface area contributed by atoms with Crippen LogP contribution in [0.15, 0.2) is 34.9 Å². The zero-order valence-electron chi connectivity index (χ0n) is 8.53. The minimum atomic E-state index is 0.628. The van der Waals surface area contributed by atoms with Crippen LogP contribution in [-0.4, -0.2) is 4.98 Å². The molecule has 0 unspecified atom stereocenters. The molecule has 2 aromatic heterocycles. The van der Waals surface area contributed by atoms with Crippen LogP contribution in [0.1, 0.15) is 11.5 Å². The van der Waals surface area contributed by atoms with E-state index in [0.29, 0.717) is 12.2 Å². The third-order valence-corrected chi connectivity index (χ3v) is 2.15. The van der Waals surface area contributed by atoms with E-state index in [9.17, 15) is 0 Å². The van der Waals surface area contributed by atoms with Crippen LogP contribution in [0, 0.1) is 6.92 Å². The second kappa shape index (κ2) is 4.04.